The number of pyridine rings is 1. The molecule has 28 heavy (non-hydrogen) atoms. The molecule has 0 saturated heterocycles. The lowest BCUT2D eigenvalue weighted by Crippen LogP contribution is -2.33. The van der Waals surface area contributed by atoms with Crippen molar-refractivity contribution >= 4 is 35.0 Å². The number of aromatic nitrogens is 2. The van der Waals surface area contributed by atoms with E-state index in [9.17, 15) is 9.59 Å². The highest BCUT2D eigenvalue weighted by Crippen LogP contribution is 2.22. The Balaban J connectivity index is 1.36. The fourth-order valence-corrected chi connectivity index (χ4v) is 4.11. The topological polar surface area (TPSA) is 75.2 Å². The summed E-state index contributed by atoms with van der Waals surface area (Å²) in [4.78, 5) is 34.6. The van der Waals surface area contributed by atoms with Crippen LogP contribution in [0.5, 0.6) is 0 Å². The van der Waals surface area contributed by atoms with Crippen molar-refractivity contribution in [1.29, 1.82) is 0 Å². The Labute approximate surface area is 168 Å². The number of fused-ring (bicyclic) bond motifs is 1. The van der Waals surface area contributed by atoms with Crippen LogP contribution in [-0.2, 0) is 22.4 Å². The number of thiazole rings is 1. The van der Waals surface area contributed by atoms with Gasteiger partial charge in [-0.25, -0.2) is 9.97 Å². The zero-order valence-electron chi connectivity index (χ0n) is 15.6. The Kier molecular flexibility index (Phi) is 5.62. The van der Waals surface area contributed by atoms with E-state index in [-0.39, 0.29) is 11.8 Å². The molecule has 0 radical (unpaired) electrons. The fourth-order valence-electron chi connectivity index (χ4n) is 3.44. The molecule has 144 valence electrons. The minimum absolute atomic E-state index is 0.00722. The third-order valence-electron chi connectivity index (χ3n) is 4.99. The van der Waals surface area contributed by atoms with Gasteiger partial charge in [0.1, 0.15) is 5.82 Å². The second kappa shape index (κ2) is 8.48. The van der Waals surface area contributed by atoms with Gasteiger partial charge in [0.25, 0.3) is 0 Å². The van der Waals surface area contributed by atoms with Crippen molar-refractivity contribution in [2.45, 2.75) is 32.1 Å². The van der Waals surface area contributed by atoms with E-state index >= 15 is 0 Å². The van der Waals surface area contributed by atoms with E-state index in [1.54, 1.807) is 29.7 Å². The summed E-state index contributed by atoms with van der Waals surface area (Å²) in [6, 6.07) is 2.00. The minimum Gasteiger partial charge on any atom is -0.335 e. The number of carbonyl (C=O) groups is 2. The van der Waals surface area contributed by atoms with Crippen LogP contribution in [0.3, 0.4) is 0 Å². The summed E-state index contributed by atoms with van der Waals surface area (Å²) in [5.74, 6) is 0.657. The molecule has 4 heterocycles. The van der Waals surface area contributed by atoms with E-state index in [2.05, 4.69) is 21.4 Å². The van der Waals surface area contributed by atoms with Gasteiger partial charge in [-0.15, -0.1) is 11.3 Å². The van der Waals surface area contributed by atoms with Gasteiger partial charge in [-0.1, -0.05) is 11.6 Å². The molecule has 6 nitrogen and oxygen atoms in total. The molecule has 0 fully saturated rings. The van der Waals surface area contributed by atoms with Crippen LogP contribution in [0.2, 0.25) is 0 Å². The van der Waals surface area contributed by atoms with E-state index in [0.29, 0.717) is 18.8 Å². The predicted octanol–water partition coefficient (Wildman–Crippen LogP) is 3.23. The van der Waals surface area contributed by atoms with Crippen LogP contribution in [-0.4, -0.2) is 39.8 Å². The maximum absolute atomic E-state index is 12.5. The number of nitrogens with one attached hydrogen (secondary N) is 1. The Morgan fingerprint density at radius 3 is 3.00 bits per heavy atom. The molecule has 2 aromatic rings. The lowest BCUT2D eigenvalue weighted by Gasteiger charge is -2.25. The van der Waals surface area contributed by atoms with Crippen molar-refractivity contribution in [3.05, 3.63) is 57.7 Å². The maximum atomic E-state index is 12.5. The molecule has 2 aromatic heterocycles. The van der Waals surface area contributed by atoms with Gasteiger partial charge in [0.15, 0.2) is 0 Å². The van der Waals surface area contributed by atoms with Crippen LogP contribution in [0.15, 0.2) is 41.6 Å². The first kappa shape index (κ1) is 18.6. The van der Waals surface area contributed by atoms with Crippen molar-refractivity contribution < 1.29 is 9.59 Å². The second-order valence-corrected chi connectivity index (χ2v) is 7.99. The number of rotatable bonds is 4. The Morgan fingerprint density at radius 2 is 2.21 bits per heavy atom. The van der Waals surface area contributed by atoms with Gasteiger partial charge in [-0.2, -0.15) is 0 Å². The number of amides is 2. The average molecular weight is 395 g/mol. The molecule has 0 saturated carbocycles. The summed E-state index contributed by atoms with van der Waals surface area (Å²) in [6.45, 7) is 1.37. The number of anilines is 1. The smallest absolute Gasteiger partial charge is 0.246 e. The molecule has 2 aliphatic rings. The average Bonchev–Trinajstić information content (AvgIpc) is 3.14. The van der Waals surface area contributed by atoms with Crippen molar-refractivity contribution in [1.82, 2.24) is 14.9 Å². The summed E-state index contributed by atoms with van der Waals surface area (Å²) >= 11 is 1.67. The normalized spacial score (nSPS) is 17.1. The van der Waals surface area contributed by atoms with Gasteiger partial charge in [-0.05, 0) is 42.5 Å². The molecule has 2 aliphatic heterocycles. The lowest BCUT2D eigenvalue weighted by molar-refractivity contribution is -0.125. The zero-order valence-corrected chi connectivity index (χ0v) is 16.4. The summed E-state index contributed by atoms with van der Waals surface area (Å²) < 4.78 is 0. The third kappa shape index (κ3) is 4.54. The van der Waals surface area contributed by atoms with Crippen LogP contribution in [0, 0.1) is 0 Å². The third-order valence-corrected chi connectivity index (χ3v) is 5.77. The molecule has 0 aromatic carbocycles. The first-order chi connectivity index (χ1) is 13.7. The van der Waals surface area contributed by atoms with Crippen molar-refractivity contribution in [3.63, 3.8) is 0 Å². The first-order valence-corrected chi connectivity index (χ1v) is 10.4. The Hall–Kier alpha value is -2.80. The Morgan fingerprint density at radius 1 is 1.29 bits per heavy atom. The molecule has 0 unspecified atom stereocenters. The number of hydrogen-bond acceptors (Lipinski definition) is 5. The molecule has 1 N–H and O–H groups in total. The molecule has 7 heteroatoms. The van der Waals surface area contributed by atoms with Gasteiger partial charge in [0.05, 0.1) is 5.01 Å². The molecule has 0 aliphatic carbocycles. The summed E-state index contributed by atoms with van der Waals surface area (Å²) in [5.41, 5.74) is 3.24. The highest BCUT2D eigenvalue weighted by Gasteiger charge is 2.17. The number of aryl methyl sites for hydroxylation is 1. The molecular formula is C21H22N4O2S. The summed E-state index contributed by atoms with van der Waals surface area (Å²) in [6.07, 6.45) is 13.0. The van der Waals surface area contributed by atoms with Crippen LogP contribution >= 0.6 is 11.3 Å². The molecule has 2 amide bonds. The van der Waals surface area contributed by atoms with E-state index in [4.69, 9.17) is 0 Å². The molecule has 4 rings (SSSR count). The predicted molar refractivity (Wildman–Crippen MR) is 110 cm³/mol. The van der Waals surface area contributed by atoms with Gasteiger partial charge >= 0.3 is 0 Å². The SMILES string of the molecule is O=C1CCCc2cc(C=CC(=O)N3CC=C(Cc4nccs4)CC3)cnc2N1. The first-order valence-electron chi connectivity index (χ1n) is 9.49. The van der Waals surface area contributed by atoms with Crippen molar-refractivity contribution in [2.75, 3.05) is 18.4 Å². The number of carbonyl (C=O) groups excluding carboxylic acids is 2. The summed E-state index contributed by atoms with van der Waals surface area (Å²) in [5, 5.41) is 5.94. The van der Waals surface area contributed by atoms with Crippen LogP contribution in [0.1, 0.15) is 35.4 Å². The van der Waals surface area contributed by atoms with Crippen molar-refractivity contribution in [2.24, 2.45) is 0 Å². The molecule has 0 atom stereocenters. The van der Waals surface area contributed by atoms with Crippen LogP contribution < -0.4 is 5.32 Å². The number of hydrogen-bond donors (Lipinski definition) is 1. The van der Waals surface area contributed by atoms with E-state index in [1.165, 1.54) is 5.57 Å². The molecule has 0 spiro atoms. The maximum Gasteiger partial charge on any atom is 0.246 e. The molecular weight excluding hydrogens is 372 g/mol. The lowest BCUT2D eigenvalue weighted by atomic mass is 10.0. The standard InChI is InChI=1S/C21H22N4O2S/c26-18-3-1-2-17-12-16(14-23-21(17)24-18)4-5-20(27)25-9-6-15(7-10-25)13-19-22-8-11-28-19/h4-6,8,11-12,14H,1-3,7,9-10,13H2,(H,23,24,26). The van der Waals surface area contributed by atoms with E-state index < -0.39 is 0 Å². The van der Waals surface area contributed by atoms with E-state index in [1.807, 2.05) is 22.5 Å². The second-order valence-electron chi connectivity index (χ2n) is 7.01. The van der Waals surface area contributed by atoms with Gasteiger partial charge in [-0.3, -0.25) is 9.59 Å². The molecule has 0 bridgehead atoms. The highest BCUT2D eigenvalue weighted by molar-refractivity contribution is 7.09. The summed E-state index contributed by atoms with van der Waals surface area (Å²) in [7, 11) is 0. The van der Waals surface area contributed by atoms with E-state index in [0.717, 1.165) is 48.4 Å². The van der Waals surface area contributed by atoms with Crippen LogP contribution in [0.25, 0.3) is 6.08 Å². The largest absolute Gasteiger partial charge is 0.335 e. The van der Waals surface area contributed by atoms with Gasteiger partial charge in [0.2, 0.25) is 11.8 Å². The van der Waals surface area contributed by atoms with Gasteiger partial charge < -0.3 is 10.2 Å². The zero-order chi connectivity index (χ0) is 19.3. The van der Waals surface area contributed by atoms with Gasteiger partial charge in [0, 0.05) is 49.8 Å². The quantitative estimate of drug-likeness (QED) is 0.638. The Bertz CT molecular complexity index is 934. The monoisotopic (exact) mass is 394 g/mol. The number of nitrogens with zero attached hydrogens (tertiary/aromatic N) is 3. The van der Waals surface area contributed by atoms with Crippen LogP contribution in [0.4, 0.5) is 5.82 Å². The fraction of sp³-hybridized carbons (Fsp3) is 0.333. The minimum atomic E-state index is 0.00722. The highest BCUT2D eigenvalue weighted by atomic mass is 32.1. The van der Waals surface area contributed by atoms with Crippen molar-refractivity contribution in [3.8, 4) is 0 Å².